The Hall–Kier alpha value is -3.74. The van der Waals surface area contributed by atoms with Gasteiger partial charge in [0.2, 0.25) is 5.96 Å². The zero-order valence-corrected chi connectivity index (χ0v) is 25.4. The van der Waals surface area contributed by atoms with E-state index in [0.29, 0.717) is 11.8 Å². The van der Waals surface area contributed by atoms with Gasteiger partial charge in [-0.3, -0.25) is 5.43 Å². The minimum absolute atomic E-state index is 0.138. The van der Waals surface area contributed by atoms with E-state index in [2.05, 4.69) is 46.9 Å². The molecule has 1 aliphatic heterocycles. The van der Waals surface area contributed by atoms with Crippen LogP contribution in [0.3, 0.4) is 0 Å². The van der Waals surface area contributed by atoms with Crippen LogP contribution in [0, 0.1) is 11.8 Å². The van der Waals surface area contributed by atoms with Gasteiger partial charge in [-0.05, 0) is 78.8 Å². The summed E-state index contributed by atoms with van der Waals surface area (Å²) in [6.45, 7) is 5.85. The number of fused-ring (bicyclic) bond motifs is 1. The van der Waals surface area contributed by atoms with E-state index in [0.717, 1.165) is 78.8 Å². The van der Waals surface area contributed by atoms with Gasteiger partial charge in [0, 0.05) is 44.2 Å². The SMILES string of the molecule is CC(C)c1cccc2cc(CN(Cc3cc(C(F)(F)F)cc(C(F)(F)F)c3)C3=NN(C)NN3)c(N(CC3CC3)CC3CC3)nc12. The third-order valence-corrected chi connectivity index (χ3v) is 8.46. The molecule has 0 saturated heterocycles. The summed E-state index contributed by atoms with van der Waals surface area (Å²) in [4.78, 5) is 9.27. The first-order valence-electron chi connectivity index (χ1n) is 15.3. The molecule has 242 valence electrons. The van der Waals surface area contributed by atoms with Gasteiger partial charge in [0.05, 0.1) is 16.6 Å². The molecule has 7 nitrogen and oxygen atoms in total. The number of guanidine groups is 1. The molecule has 0 atom stereocenters. The van der Waals surface area contributed by atoms with Crippen molar-refractivity contribution < 1.29 is 26.3 Å². The highest BCUT2D eigenvalue weighted by molar-refractivity contribution is 5.86. The molecule has 2 aliphatic carbocycles. The standard InChI is InChI=1S/C32H37F6N7/c1-19(2)27-6-4-5-23-13-24(29(39-28(23)27)44(15-20-7-8-20)16-21-9-10-21)18-45(30-40-42-43(3)41-30)17-22-11-25(31(33,34)35)14-26(12-22)32(36,37)38/h4-6,11-14,19-21,42H,7-10,15-18H2,1-3H3,(H,40,41). The van der Waals surface area contributed by atoms with Gasteiger partial charge in [-0.2, -0.15) is 26.3 Å². The maximum Gasteiger partial charge on any atom is 0.416 e. The molecule has 2 heterocycles. The molecule has 0 amide bonds. The van der Waals surface area contributed by atoms with Crippen molar-refractivity contribution in [1.29, 1.82) is 0 Å². The predicted octanol–water partition coefficient (Wildman–Crippen LogP) is 7.25. The van der Waals surface area contributed by atoms with Crippen LogP contribution in [0.1, 0.15) is 73.3 Å². The maximum atomic E-state index is 13.7. The quantitative estimate of drug-likeness (QED) is 0.230. The maximum absolute atomic E-state index is 13.7. The molecule has 45 heavy (non-hydrogen) atoms. The van der Waals surface area contributed by atoms with Crippen LogP contribution >= 0.6 is 0 Å². The molecule has 3 aromatic rings. The molecule has 2 N–H and O–H groups in total. The van der Waals surface area contributed by atoms with Crippen molar-refractivity contribution in [2.45, 2.75) is 70.9 Å². The lowest BCUT2D eigenvalue weighted by molar-refractivity contribution is -0.143. The van der Waals surface area contributed by atoms with E-state index >= 15 is 0 Å². The monoisotopic (exact) mass is 633 g/mol. The van der Waals surface area contributed by atoms with Crippen LogP contribution in [-0.2, 0) is 25.4 Å². The fraction of sp³-hybridized carbons (Fsp3) is 0.500. The van der Waals surface area contributed by atoms with Crippen LogP contribution in [0.2, 0.25) is 0 Å². The largest absolute Gasteiger partial charge is 0.416 e. The fourth-order valence-electron chi connectivity index (χ4n) is 5.79. The Labute approximate surface area is 258 Å². The molecule has 2 fully saturated rings. The van der Waals surface area contributed by atoms with Gasteiger partial charge in [0.15, 0.2) is 0 Å². The number of hydrazone groups is 1. The van der Waals surface area contributed by atoms with Gasteiger partial charge < -0.3 is 9.80 Å². The first-order valence-corrected chi connectivity index (χ1v) is 15.3. The van der Waals surface area contributed by atoms with E-state index in [9.17, 15) is 26.3 Å². The van der Waals surface area contributed by atoms with E-state index in [-0.39, 0.29) is 36.6 Å². The Kier molecular flexibility index (Phi) is 8.25. The summed E-state index contributed by atoms with van der Waals surface area (Å²) >= 11 is 0. The van der Waals surface area contributed by atoms with E-state index in [4.69, 9.17) is 4.98 Å². The molecule has 3 aliphatic rings. The van der Waals surface area contributed by atoms with Gasteiger partial charge >= 0.3 is 12.4 Å². The average Bonchev–Trinajstić information content (AvgIpc) is 3.90. The minimum Gasteiger partial charge on any atom is -0.356 e. The van der Waals surface area contributed by atoms with Gasteiger partial charge in [-0.25, -0.2) is 10.1 Å². The first-order chi connectivity index (χ1) is 21.2. The third-order valence-electron chi connectivity index (χ3n) is 8.46. The number of benzene rings is 2. The molecule has 0 spiro atoms. The molecule has 0 unspecified atom stereocenters. The summed E-state index contributed by atoms with van der Waals surface area (Å²) in [6, 6.07) is 9.80. The second-order valence-electron chi connectivity index (χ2n) is 12.8. The number of nitrogens with one attached hydrogen (secondary N) is 2. The molecule has 2 aromatic carbocycles. The van der Waals surface area contributed by atoms with Crippen LogP contribution in [-0.4, -0.2) is 41.1 Å². The molecular weight excluding hydrogens is 596 g/mol. The highest BCUT2D eigenvalue weighted by atomic mass is 19.4. The summed E-state index contributed by atoms with van der Waals surface area (Å²) in [5.74, 6) is 2.46. The lowest BCUT2D eigenvalue weighted by Gasteiger charge is -2.30. The number of pyridine rings is 1. The molecule has 2 saturated carbocycles. The Morgan fingerprint density at radius 2 is 1.49 bits per heavy atom. The molecule has 6 rings (SSSR count). The molecule has 1 aromatic heterocycles. The Morgan fingerprint density at radius 1 is 0.867 bits per heavy atom. The number of aromatic nitrogens is 1. The number of nitrogens with zero attached hydrogens (tertiary/aromatic N) is 5. The third kappa shape index (κ3) is 7.40. The van der Waals surface area contributed by atoms with Crippen molar-refractivity contribution in [2.24, 2.45) is 16.9 Å². The van der Waals surface area contributed by atoms with Crippen LogP contribution in [0.5, 0.6) is 0 Å². The average molecular weight is 634 g/mol. The lowest BCUT2D eigenvalue weighted by atomic mass is 9.98. The van der Waals surface area contributed by atoms with Crippen molar-refractivity contribution in [3.05, 3.63) is 70.3 Å². The summed E-state index contributed by atoms with van der Waals surface area (Å²) in [5.41, 5.74) is 5.71. The summed E-state index contributed by atoms with van der Waals surface area (Å²) in [5, 5.41) is 6.70. The molecule has 0 radical (unpaired) electrons. The number of hydrogen-bond acceptors (Lipinski definition) is 7. The summed E-state index contributed by atoms with van der Waals surface area (Å²) in [6.07, 6.45) is -5.26. The smallest absolute Gasteiger partial charge is 0.356 e. The number of hydrazine groups is 2. The van der Waals surface area contributed by atoms with Crippen molar-refractivity contribution in [2.75, 3.05) is 25.0 Å². The highest BCUT2D eigenvalue weighted by Gasteiger charge is 2.37. The number of halogens is 6. The molecular formula is C32H37F6N7. The van der Waals surface area contributed by atoms with Gasteiger partial charge in [-0.15, -0.1) is 10.6 Å². The lowest BCUT2D eigenvalue weighted by Crippen LogP contribution is -2.44. The van der Waals surface area contributed by atoms with Crippen molar-refractivity contribution in [3.63, 3.8) is 0 Å². The second-order valence-corrected chi connectivity index (χ2v) is 12.8. The van der Waals surface area contributed by atoms with Crippen molar-refractivity contribution in [3.8, 4) is 0 Å². The van der Waals surface area contributed by atoms with Crippen LogP contribution in [0.4, 0.5) is 32.2 Å². The van der Waals surface area contributed by atoms with Crippen LogP contribution < -0.4 is 15.9 Å². The topological polar surface area (TPSA) is 59.0 Å². The van der Waals surface area contributed by atoms with E-state index in [1.807, 2.05) is 12.1 Å². The van der Waals surface area contributed by atoms with Crippen LogP contribution in [0.25, 0.3) is 10.9 Å². The Balaban J connectivity index is 1.45. The Morgan fingerprint density at radius 3 is 2.00 bits per heavy atom. The summed E-state index contributed by atoms with van der Waals surface area (Å²) < 4.78 is 82.3. The molecule has 13 heteroatoms. The first kappa shape index (κ1) is 31.3. The number of anilines is 1. The predicted molar refractivity (Wildman–Crippen MR) is 161 cm³/mol. The number of para-hydroxylation sites is 1. The van der Waals surface area contributed by atoms with Crippen molar-refractivity contribution in [1.82, 2.24) is 26.0 Å². The minimum atomic E-state index is -4.94. The van der Waals surface area contributed by atoms with E-state index < -0.39 is 23.5 Å². The zero-order valence-electron chi connectivity index (χ0n) is 25.4. The number of rotatable bonds is 10. The normalized spacial score (nSPS) is 17.2. The van der Waals surface area contributed by atoms with Crippen LogP contribution in [0.15, 0.2) is 47.6 Å². The fourth-order valence-corrected chi connectivity index (χ4v) is 5.79. The zero-order chi connectivity index (χ0) is 32.1. The number of alkyl halides is 6. The van der Waals surface area contributed by atoms with Gasteiger partial charge in [0.25, 0.3) is 0 Å². The van der Waals surface area contributed by atoms with Gasteiger partial charge in [-0.1, -0.05) is 32.0 Å². The Bertz CT molecular complexity index is 1530. The second kappa shape index (κ2) is 11.9. The highest BCUT2D eigenvalue weighted by Crippen LogP contribution is 2.39. The van der Waals surface area contributed by atoms with E-state index in [1.165, 1.54) is 5.12 Å². The summed E-state index contributed by atoms with van der Waals surface area (Å²) in [7, 11) is 1.63. The van der Waals surface area contributed by atoms with E-state index in [1.54, 1.807) is 11.9 Å². The number of hydrogen-bond donors (Lipinski definition) is 2. The van der Waals surface area contributed by atoms with Gasteiger partial charge in [0.1, 0.15) is 5.82 Å². The van der Waals surface area contributed by atoms with Crippen molar-refractivity contribution >= 4 is 22.7 Å². The molecule has 0 bridgehead atoms.